The van der Waals surface area contributed by atoms with Crippen molar-refractivity contribution in [1.29, 1.82) is 0 Å². The van der Waals surface area contributed by atoms with Crippen molar-refractivity contribution in [1.82, 2.24) is 4.57 Å². The van der Waals surface area contributed by atoms with Gasteiger partial charge in [0.25, 0.3) is 0 Å². The van der Waals surface area contributed by atoms with Crippen molar-refractivity contribution in [3.8, 4) is 11.5 Å². The summed E-state index contributed by atoms with van der Waals surface area (Å²) in [4.78, 5) is 27.9. The minimum atomic E-state index is -0.412. The fourth-order valence-corrected chi connectivity index (χ4v) is 3.28. The van der Waals surface area contributed by atoms with E-state index in [4.69, 9.17) is 14.2 Å². The molecule has 7 nitrogen and oxygen atoms in total. The van der Waals surface area contributed by atoms with Gasteiger partial charge in [-0.3, -0.25) is 9.59 Å². The molecule has 1 aliphatic heterocycles. The summed E-state index contributed by atoms with van der Waals surface area (Å²) in [6.45, 7) is 2.69. The Bertz CT molecular complexity index is 836. The molecular formula is C15H16N2O5S. The molecule has 0 N–H and O–H groups in total. The van der Waals surface area contributed by atoms with Crippen LogP contribution in [0.25, 0.3) is 10.2 Å². The number of nitrogens with zero attached hydrogens (tertiary/aromatic N) is 2. The molecule has 2 aromatic rings. The zero-order valence-corrected chi connectivity index (χ0v) is 13.6. The molecule has 0 atom stereocenters. The monoisotopic (exact) mass is 336 g/mol. The van der Waals surface area contributed by atoms with Crippen LogP contribution in [-0.4, -0.2) is 36.8 Å². The third kappa shape index (κ3) is 3.07. The fraction of sp³-hybridized carbons (Fsp3) is 0.400. The lowest BCUT2D eigenvalue weighted by molar-refractivity contribution is -0.141. The Morgan fingerprint density at radius 2 is 2.00 bits per heavy atom. The maximum Gasteiger partial charge on any atom is 0.325 e. The van der Waals surface area contributed by atoms with Gasteiger partial charge in [0.05, 0.1) is 17.3 Å². The molecular weight excluding hydrogens is 320 g/mol. The number of methoxy groups -OCH3 is 1. The van der Waals surface area contributed by atoms with Crippen molar-refractivity contribution in [2.45, 2.75) is 19.9 Å². The first-order valence-corrected chi connectivity index (χ1v) is 8.01. The molecule has 0 saturated heterocycles. The third-order valence-corrected chi connectivity index (χ3v) is 4.43. The number of carbonyl (C=O) groups excluding carboxylic acids is 2. The molecule has 0 bridgehead atoms. The van der Waals surface area contributed by atoms with E-state index in [1.54, 1.807) is 17.6 Å². The van der Waals surface area contributed by atoms with Crippen LogP contribution >= 0.6 is 11.3 Å². The van der Waals surface area contributed by atoms with Crippen LogP contribution in [0, 0.1) is 0 Å². The van der Waals surface area contributed by atoms with E-state index in [-0.39, 0.29) is 12.5 Å². The molecule has 0 radical (unpaired) electrons. The van der Waals surface area contributed by atoms with Crippen molar-refractivity contribution < 1.29 is 23.8 Å². The summed E-state index contributed by atoms with van der Waals surface area (Å²) < 4.78 is 18.4. The lowest BCUT2D eigenvalue weighted by Gasteiger charge is -2.18. The Morgan fingerprint density at radius 3 is 2.65 bits per heavy atom. The number of fused-ring (bicyclic) bond motifs is 2. The number of carbonyl (C=O) groups is 2. The van der Waals surface area contributed by atoms with Gasteiger partial charge in [0.2, 0.25) is 5.91 Å². The summed E-state index contributed by atoms with van der Waals surface area (Å²) in [5, 5.41) is 0. The number of hydrogen-bond donors (Lipinski definition) is 0. The highest BCUT2D eigenvalue weighted by Crippen LogP contribution is 2.35. The number of hydrogen-bond acceptors (Lipinski definition) is 6. The van der Waals surface area contributed by atoms with Crippen LogP contribution in [-0.2, 0) is 20.9 Å². The molecule has 0 fully saturated rings. The first kappa shape index (κ1) is 15.5. The average molecular weight is 336 g/mol. The van der Waals surface area contributed by atoms with E-state index in [0.717, 1.165) is 10.2 Å². The summed E-state index contributed by atoms with van der Waals surface area (Å²) in [5.41, 5.74) is 0.757. The molecule has 122 valence electrons. The molecule has 0 saturated carbocycles. The number of esters is 1. The van der Waals surface area contributed by atoms with E-state index in [2.05, 4.69) is 4.99 Å². The molecule has 23 heavy (non-hydrogen) atoms. The molecule has 8 heteroatoms. The van der Waals surface area contributed by atoms with Crippen LogP contribution in [0.1, 0.15) is 13.3 Å². The first-order valence-electron chi connectivity index (χ1n) is 7.19. The molecule has 0 spiro atoms. The number of benzene rings is 1. The Balaban J connectivity index is 2.20. The van der Waals surface area contributed by atoms with E-state index in [1.165, 1.54) is 18.4 Å². The zero-order chi connectivity index (χ0) is 16.4. The molecule has 0 aliphatic carbocycles. The maximum atomic E-state index is 11.7. The topological polar surface area (TPSA) is 79.1 Å². The number of aromatic nitrogens is 1. The second-order valence-electron chi connectivity index (χ2n) is 4.87. The minimum absolute atomic E-state index is 0.0219. The quantitative estimate of drug-likeness (QED) is 0.793. The maximum absolute atomic E-state index is 11.7. The standard InChI is InChI=1S/C15H16N2O5S/c1-3-13(18)16-15-17(8-14(19)20-2)9-6-10-11(7-12(9)23-15)22-5-4-21-10/h6-7H,3-5,8H2,1-2H3. The third-order valence-electron chi connectivity index (χ3n) is 3.38. The largest absolute Gasteiger partial charge is 0.486 e. The van der Waals surface area contributed by atoms with Crippen LogP contribution in [0.15, 0.2) is 17.1 Å². The highest BCUT2D eigenvalue weighted by atomic mass is 32.1. The molecule has 1 aliphatic rings. The van der Waals surface area contributed by atoms with Gasteiger partial charge in [0.1, 0.15) is 19.8 Å². The average Bonchev–Trinajstić information content (AvgIpc) is 2.88. The van der Waals surface area contributed by atoms with Crippen LogP contribution in [0.3, 0.4) is 0 Å². The smallest absolute Gasteiger partial charge is 0.325 e. The van der Waals surface area contributed by atoms with Gasteiger partial charge in [0, 0.05) is 18.6 Å². The Labute approximate surface area is 136 Å². The molecule has 2 heterocycles. The van der Waals surface area contributed by atoms with Crippen molar-refractivity contribution in [3.63, 3.8) is 0 Å². The second kappa shape index (κ2) is 6.41. The number of rotatable bonds is 3. The van der Waals surface area contributed by atoms with Gasteiger partial charge in [-0.15, -0.1) is 0 Å². The van der Waals surface area contributed by atoms with Crippen LogP contribution in [0.2, 0.25) is 0 Å². The van der Waals surface area contributed by atoms with E-state index >= 15 is 0 Å². The fourth-order valence-electron chi connectivity index (χ4n) is 2.22. The first-order chi connectivity index (χ1) is 11.1. The summed E-state index contributed by atoms with van der Waals surface area (Å²) in [7, 11) is 1.32. The van der Waals surface area contributed by atoms with Gasteiger partial charge >= 0.3 is 5.97 Å². The Kier molecular flexibility index (Phi) is 4.33. The van der Waals surface area contributed by atoms with Gasteiger partial charge < -0.3 is 18.8 Å². The van der Waals surface area contributed by atoms with E-state index < -0.39 is 5.97 Å². The van der Waals surface area contributed by atoms with Crippen molar-refractivity contribution in [2.75, 3.05) is 20.3 Å². The predicted molar refractivity (Wildman–Crippen MR) is 83.7 cm³/mol. The number of ether oxygens (including phenoxy) is 3. The molecule has 0 unspecified atom stereocenters. The summed E-state index contributed by atoms with van der Waals surface area (Å²) in [5.74, 6) is 0.620. The van der Waals surface area contributed by atoms with Gasteiger partial charge in [-0.25, -0.2) is 0 Å². The number of amides is 1. The summed E-state index contributed by atoms with van der Waals surface area (Å²) >= 11 is 1.33. The van der Waals surface area contributed by atoms with Gasteiger partial charge in [-0.2, -0.15) is 4.99 Å². The zero-order valence-electron chi connectivity index (χ0n) is 12.8. The SMILES string of the molecule is CCC(=O)N=c1sc2cc3c(cc2n1CC(=O)OC)OCCO3. The highest BCUT2D eigenvalue weighted by Gasteiger charge is 2.18. The lowest BCUT2D eigenvalue weighted by atomic mass is 10.2. The second-order valence-corrected chi connectivity index (χ2v) is 5.88. The van der Waals surface area contributed by atoms with Gasteiger partial charge in [-0.1, -0.05) is 18.3 Å². The minimum Gasteiger partial charge on any atom is -0.486 e. The normalized spacial score (nSPS) is 14.1. The van der Waals surface area contributed by atoms with Crippen molar-refractivity contribution in [3.05, 3.63) is 16.9 Å². The van der Waals surface area contributed by atoms with Crippen molar-refractivity contribution in [2.24, 2.45) is 4.99 Å². The Morgan fingerprint density at radius 1 is 1.30 bits per heavy atom. The van der Waals surface area contributed by atoms with Crippen LogP contribution in [0.5, 0.6) is 11.5 Å². The van der Waals surface area contributed by atoms with Gasteiger partial charge in [-0.05, 0) is 0 Å². The van der Waals surface area contributed by atoms with E-state index in [1.807, 2.05) is 6.07 Å². The Hall–Kier alpha value is -2.35. The van der Waals surface area contributed by atoms with Crippen LogP contribution < -0.4 is 14.3 Å². The molecule has 1 aromatic heterocycles. The molecule has 1 amide bonds. The predicted octanol–water partition coefficient (Wildman–Crippen LogP) is 1.48. The van der Waals surface area contributed by atoms with Gasteiger partial charge in [0.15, 0.2) is 16.3 Å². The highest BCUT2D eigenvalue weighted by molar-refractivity contribution is 7.16. The van der Waals surface area contributed by atoms with E-state index in [0.29, 0.717) is 35.9 Å². The van der Waals surface area contributed by atoms with Crippen molar-refractivity contribution >= 4 is 33.4 Å². The lowest BCUT2D eigenvalue weighted by Crippen LogP contribution is -2.22. The number of thiazole rings is 1. The summed E-state index contributed by atoms with van der Waals surface area (Å²) in [6, 6.07) is 3.65. The summed E-state index contributed by atoms with van der Waals surface area (Å²) in [6.07, 6.45) is 0.301. The molecule has 3 rings (SSSR count). The van der Waals surface area contributed by atoms with Crippen LogP contribution in [0.4, 0.5) is 0 Å². The van der Waals surface area contributed by atoms with E-state index in [9.17, 15) is 9.59 Å². The molecule has 1 aromatic carbocycles.